The number of hydrogen-bond acceptors (Lipinski definition) is 3. The molecule has 1 unspecified atom stereocenters. The number of nitrogens with one attached hydrogen (secondary N) is 1. The Balaban J connectivity index is 2.77. The van der Waals surface area contributed by atoms with E-state index in [-0.39, 0.29) is 13.0 Å². The molecule has 5 heteroatoms. The summed E-state index contributed by atoms with van der Waals surface area (Å²) in [5.74, 6) is 5.29. The Morgan fingerprint density at radius 1 is 1.32 bits per heavy atom. The lowest BCUT2D eigenvalue weighted by molar-refractivity contribution is -0.122. The van der Waals surface area contributed by atoms with Gasteiger partial charge in [-0.15, -0.1) is 0 Å². The summed E-state index contributed by atoms with van der Waals surface area (Å²) in [5.41, 5.74) is 0.417. The molecule has 1 atom stereocenters. The molecule has 1 rings (SSSR count). The largest absolute Gasteiger partial charge is 0.388 e. The summed E-state index contributed by atoms with van der Waals surface area (Å²) in [5, 5.41) is 23.1. The minimum atomic E-state index is -1.06. The van der Waals surface area contributed by atoms with E-state index in [4.69, 9.17) is 0 Å². The molecule has 0 bridgehead atoms. The van der Waals surface area contributed by atoms with Gasteiger partial charge in [0.25, 0.3) is 5.91 Å². The zero-order valence-corrected chi connectivity index (χ0v) is 15.0. The van der Waals surface area contributed by atoms with E-state index in [0.29, 0.717) is 18.4 Å². The van der Waals surface area contributed by atoms with E-state index in [1.54, 1.807) is 18.2 Å². The fraction of sp³-hybridized carbons (Fsp3) is 0.550. The molecule has 138 valence electrons. The molecule has 3 N–H and O–H groups in total. The molecule has 0 heterocycles. The molecule has 0 fully saturated rings. The van der Waals surface area contributed by atoms with Crippen LogP contribution in [0, 0.1) is 11.8 Å². The molecule has 1 amide bonds. The highest BCUT2D eigenvalue weighted by Crippen LogP contribution is 2.20. The molecular formula is C20H28FNO3. The van der Waals surface area contributed by atoms with Crippen molar-refractivity contribution in [2.24, 2.45) is 0 Å². The highest BCUT2D eigenvalue weighted by atomic mass is 19.1. The molecule has 4 nitrogen and oxygen atoms in total. The quantitative estimate of drug-likeness (QED) is 0.601. The van der Waals surface area contributed by atoms with Crippen LogP contribution in [0.4, 0.5) is 4.39 Å². The molecule has 0 aromatic heterocycles. The van der Waals surface area contributed by atoms with E-state index in [0.717, 1.165) is 18.4 Å². The number of amides is 1. The maximum Gasteiger partial charge on any atom is 0.251 e. The molecule has 0 radical (unpaired) electrons. The van der Waals surface area contributed by atoms with Crippen LogP contribution in [0.3, 0.4) is 0 Å². The molecular weight excluding hydrogens is 321 g/mol. The second kappa shape index (κ2) is 10.9. The van der Waals surface area contributed by atoms with Crippen LogP contribution in [0.15, 0.2) is 24.3 Å². The average molecular weight is 349 g/mol. The van der Waals surface area contributed by atoms with Crippen molar-refractivity contribution in [1.29, 1.82) is 0 Å². The standard InChI is InChI=1S/C20H28FNO3/c1-3-10-20(25,11-4-2)12-8-16-6-5-7-17(14-16)18(23)9-13-22-19(24)15-21/h5-7,14,18,23,25H,3-4,9-11,13,15H2,1-2H3,(H,22,24). The van der Waals surface area contributed by atoms with Crippen molar-refractivity contribution in [3.63, 3.8) is 0 Å². The first-order chi connectivity index (χ1) is 11.9. The molecule has 0 aliphatic rings. The predicted molar refractivity (Wildman–Crippen MR) is 96.6 cm³/mol. The molecule has 0 aliphatic carbocycles. The number of alkyl halides is 1. The van der Waals surface area contributed by atoms with Crippen molar-refractivity contribution >= 4 is 5.91 Å². The van der Waals surface area contributed by atoms with Crippen LogP contribution >= 0.6 is 0 Å². The van der Waals surface area contributed by atoms with Crippen LogP contribution in [-0.2, 0) is 4.79 Å². The van der Waals surface area contributed by atoms with Gasteiger partial charge in [-0.2, -0.15) is 0 Å². The molecule has 0 spiro atoms. The van der Waals surface area contributed by atoms with Crippen molar-refractivity contribution in [3.05, 3.63) is 35.4 Å². The topological polar surface area (TPSA) is 69.6 Å². The monoisotopic (exact) mass is 349 g/mol. The van der Waals surface area contributed by atoms with E-state index in [1.165, 1.54) is 0 Å². The fourth-order valence-corrected chi connectivity index (χ4v) is 2.65. The van der Waals surface area contributed by atoms with Gasteiger partial charge in [-0.05, 0) is 37.0 Å². The molecule has 1 aromatic rings. The smallest absolute Gasteiger partial charge is 0.251 e. The average Bonchev–Trinajstić information content (AvgIpc) is 2.60. The van der Waals surface area contributed by atoms with Crippen LogP contribution in [0.1, 0.15) is 63.2 Å². The Hall–Kier alpha value is -1.90. The number of aliphatic hydroxyl groups is 2. The minimum Gasteiger partial charge on any atom is -0.388 e. The first kappa shape index (κ1) is 21.1. The van der Waals surface area contributed by atoms with Crippen molar-refractivity contribution in [2.75, 3.05) is 13.2 Å². The first-order valence-electron chi connectivity index (χ1n) is 8.80. The minimum absolute atomic E-state index is 0.201. The van der Waals surface area contributed by atoms with Gasteiger partial charge in [0, 0.05) is 12.1 Å². The Bertz CT molecular complexity index is 600. The Morgan fingerprint density at radius 3 is 2.60 bits per heavy atom. The van der Waals surface area contributed by atoms with Gasteiger partial charge in [0.15, 0.2) is 6.67 Å². The van der Waals surface area contributed by atoms with E-state index in [1.807, 2.05) is 19.9 Å². The number of hydrogen-bond donors (Lipinski definition) is 3. The Morgan fingerprint density at radius 2 is 2.00 bits per heavy atom. The van der Waals surface area contributed by atoms with Crippen molar-refractivity contribution in [2.45, 2.75) is 57.7 Å². The van der Waals surface area contributed by atoms with Gasteiger partial charge >= 0.3 is 0 Å². The lowest BCUT2D eigenvalue weighted by atomic mass is 9.93. The molecule has 0 saturated carbocycles. The van der Waals surface area contributed by atoms with Gasteiger partial charge in [0.2, 0.25) is 0 Å². The van der Waals surface area contributed by atoms with Crippen LogP contribution < -0.4 is 5.32 Å². The zero-order valence-electron chi connectivity index (χ0n) is 15.0. The SMILES string of the molecule is CCCC(O)(C#Cc1cccc(C(O)CCNC(=O)CF)c1)CCC. The normalized spacial score (nSPS) is 12.2. The highest BCUT2D eigenvalue weighted by molar-refractivity contribution is 5.76. The number of halogens is 1. The Kier molecular flexibility index (Phi) is 9.18. The van der Waals surface area contributed by atoms with E-state index in [9.17, 15) is 19.4 Å². The fourth-order valence-electron chi connectivity index (χ4n) is 2.65. The summed E-state index contributed by atoms with van der Waals surface area (Å²) in [4.78, 5) is 10.9. The third-order valence-corrected chi connectivity index (χ3v) is 3.90. The summed E-state index contributed by atoms with van der Waals surface area (Å²) in [7, 11) is 0. The van der Waals surface area contributed by atoms with E-state index in [2.05, 4.69) is 17.2 Å². The third-order valence-electron chi connectivity index (χ3n) is 3.90. The summed E-state index contributed by atoms with van der Waals surface area (Å²) in [6, 6.07) is 7.16. The summed E-state index contributed by atoms with van der Waals surface area (Å²) < 4.78 is 12.1. The van der Waals surface area contributed by atoms with Gasteiger partial charge in [-0.25, -0.2) is 4.39 Å². The molecule has 0 saturated heterocycles. The first-order valence-corrected chi connectivity index (χ1v) is 8.80. The van der Waals surface area contributed by atoms with E-state index < -0.39 is 24.3 Å². The lowest BCUT2D eigenvalue weighted by Crippen LogP contribution is -2.26. The molecule has 0 aliphatic heterocycles. The van der Waals surface area contributed by atoms with Gasteiger partial charge in [0.1, 0.15) is 5.60 Å². The second-order valence-corrected chi connectivity index (χ2v) is 6.20. The van der Waals surface area contributed by atoms with Crippen LogP contribution in [0.25, 0.3) is 0 Å². The number of carbonyl (C=O) groups excluding carboxylic acids is 1. The maximum atomic E-state index is 12.1. The van der Waals surface area contributed by atoms with Crippen LogP contribution in [0.5, 0.6) is 0 Å². The number of carbonyl (C=O) groups is 1. The van der Waals surface area contributed by atoms with Crippen molar-refractivity contribution in [3.8, 4) is 11.8 Å². The van der Waals surface area contributed by atoms with Crippen molar-refractivity contribution < 1.29 is 19.4 Å². The predicted octanol–water partition coefficient (Wildman–Crippen LogP) is 2.88. The molecule has 1 aromatic carbocycles. The van der Waals surface area contributed by atoms with Gasteiger partial charge in [-0.1, -0.05) is 50.7 Å². The van der Waals surface area contributed by atoms with Crippen LogP contribution in [0.2, 0.25) is 0 Å². The third kappa shape index (κ3) is 7.68. The summed E-state index contributed by atoms with van der Waals surface area (Å²) in [6.07, 6.45) is 2.49. The summed E-state index contributed by atoms with van der Waals surface area (Å²) in [6.45, 7) is 3.17. The maximum absolute atomic E-state index is 12.1. The van der Waals surface area contributed by atoms with Gasteiger partial charge < -0.3 is 15.5 Å². The van der Waals surface area contributed by atoms with Gasteiger partial charge in [-0.3, -0.25) is 4.79 Å². The number of rotatable bonds is 9. The number of benzene rings is 1. The van der Waals surface area contributed by atoms with Gasteiger partial charge in [0.05, 0.1) is 6.10 Å². The Labute approximate surface area is 149 Å². The van der Waals surface area contributed by atoms with E-state index >= 15 is 0 Å². The summed E-state index contributed by atoms with van der Waals surface area (Å²) >= 11 is 0. The second-order valence-electron chi connectivity index (χ2n) is 6.20. The van der Waals surface area contributed by atoms with Crippen molar-refractivity contribution in [1.82, 2.24) is 5.32 Å². The van der Waals surface area contributed by atoms with Crippen LogP contribution in [-0.4, -0.2) is 34.9 Å². The number of aliphatic hydroxyl groups excluding tert-OH is 1. The zero-order chi connectivity index (χ0) is 18.7. The highest BCUT2D eigenvalue weighted by Gasteiger charge is 2.21. The lowest BCUT2D eigenvalue weighted by Gasteiger charge is -2.20. The molecule has 25 heavy (non-hydrogen) atoms.